The zero-order valence-electron chi connectivity index (χ0n) is 14.7. The van der Waals surface area contributed by atoms with Gasteiger partial charge in [-0.1, -0.05) is 18.2 Å². The van der Waals surface area contributed by atoms with Gasteiger partial charge >= 0.3 is 0 Å². The van der Waals surface area contributed by atoms with Crippen LogP contribution in [-0.2, 0) is 16.3 Å². The van der Waals surface area contributed by atoms with Gasteiger partial charge in [0.2, 0.25) is 0 Å². The number of aryl methyl sites for hydroxylation is 1. The van der Waals surface area contributed by atoms with Crippen LogP contribution in [-0.4, -0.2) is 33.7 Å². The fourth-order valence-electron chi connectivity index (χ4n) is 2.42. The predicted molar refractivity (Wildman–Crippen MR) is 97.8 cm³/mol. The van der Waals surface area contributed by atoms with Gasteiger partial charge in [-0.3, -0.25) is 4.79 Å². The fraction of sp³-hybridized carbons (Fsp3) is 0.316. The van der Waals surface area contributed by atoms with Crippen molar-refractivity contribution in [2.45, 2.75) is 30.7 Å². The van der Waals surface area contributed by atoms with Gasteiger partial charge in [-0.05, 0) is 55.7 Å². The van der Waals surface area contributed by atoms with Crippen molar-refractivity contribution in [3.63, 3.8) is 0 Å². The number of rotatable bonds is 7. The standard InChI is InChI=1S/C19H23NO4S/c1-14(7-8-15-9-11-17(24-2)12-10-15)20-19(21)16-5-4-6-18(13-16)25(3,22)23/h4-6,9-14H,7-8H2,1-3H3,(H,20,21). The summed E-state index contributed by atoms with van der Waals surface area (Å²) in [6.45, 7) is 1.93. The molecule has 0 aromatic heterocycles. The van der Waals surface area contributed by atoms with Gasteiger partial charge in [0.25, 0.3) is 5.91 Å². The van der Waals surface area contributed by atoms with Crippen molar-refractivity contribution in [1.82, 2.24) is 5.32 Å². The summed E-state index contributed by atoms with van der Waals surface area (Å²) in [6, 6.07) is 13.9. The summed E-state index contributed by atoms with van der Waals surface area (Å²) in [6.07, 6.45) is 2.74. The third kappa shape index (κ3) is 5.60. The third-order valence-electron chi connectivity index (χ3n) is 3.93. The van der Waals surface area contributed by atoms with Crippen LogP contribution >= 0.6 is 0 Å². The molecule has 0 saturated carbocycles. The summed E-state index contributed by atoms with van der Waals surface area (Å²) >= 11 is 0. The number of ether oxygens (including phenoxy) is 1. The Labute approximate surface area is 148 Å². The molecule has 0 spiro atoms. The average Bonchev–Trinajstić information content (AvgIpc) is 2.59. The fourth-order valence-corrected chi connectivity index (χ4v) is 3.09. The van der Waals surface area contributed by atoms with Crippen LogP contribution in [0.5, 0.6) is 5.75 Å². The van der Waals surface area contributed by atoms with Crippen LogP contribution in [0, 0.1) is 0 Å². The van der Waals surface area contributed by atoms with E-state index in [1.54, 1.807) is 19.2 Å². The van der Waals surface area contributed by atoms with E-state index >= 15 is 0 Å². The van der Waals surface area contributed by atoms with Gasteiger partial charge in [0.15, 0.2) is 9.84 Å². The molecule has 134 valence electrons. The molecule has 0 aliphatic heterocycles. The molecule has 2 aromatic rings. The van der Waals surface area contributed by atoms with E-state index in [-0.39, 0.29) is 16.8 Å². The lowest BCUT2D eigenvalue weighted by molar-refractivity contribution is 0.0938. The maximum atomic E-state index is 12.3. The van der Waals surface area contributed by atoms with E-state index in [0.717, 1.165) is 24.8 Å². The first kappa shape index (κ1) is 19.0. The first-order chi connectivity index (χ1) is 11.8. The number of amides is 1. The molecule has 6 heteroatoms. The quantitative estimate of drug-likeness (QED) is 0.823. The summed E-state index contributed by atoms with van der Waals surface area (Å²) in [5.41, 5.74) is 1.51. The Balaban J connectivity index is 1.93. The summed E-state index contributed by atoms with van der Waals surface area (Å²) in [7, 11) is -1.70. The molecule has 2 aromatic carbocycles. The lowest BCUT2D eigenvalue weighted by atomic mass is 10.1. The molecule has 1 unspecified atom stereocenters. The Hall–Kier alpha value is -2.34. The molecule has 2 rings (SSSR count). The first-order valence-electron chi connectivity index (χ1n) is 8.03. The molecular weight excluding hydrogens is 338 g/mol. The van der Waals surface area contributed by atoms with Crippen LogP contribution < -0.4 is 10.1 Å². The van der Waals surface area contributed by atoms with Crippen LogP contribution in [0.1, 0.15) is 29.3 Å². The van der Waals surface area contributed by atoms with Crippen molar-refractivity contribution in [2.75, 3.05) is 13.4 Å². The predicted octanol–water partition coefficient (Wildman–Crippen LogP) is 2.85. The van der Waals surface area contributed by atoms with E-state index in [1.807, 2.05) is 31.2 Å². The van der Waals surface area contributed by atoms with Crippen molar-refractivity contribution < 1.29 is 17.9 Å². The number of carbonyl (C=O) groups excluding carboxylic acids is 1. The van der Waals surface area contributed by atoms with Gasteiger partial charge < -0.3 is 10.1 Å². The Kier molecular flexibility index (Phi) is 6.20. The summed E-state index contributed by atoms with van der Waals surface area (Å²) < 4.78 is 28.3. The highest BCUT2D eigenvalue weighted by atomic mass is 32.2. The summed E-state index contributed by atoms with van der Waals surface area (Å²) in [5, 5.41) is 2.91. The Morgan fingerprint density at radius 2 is 1.84 bits per heavy atom. The SMILES string of the molecule is COc1ccc(CCC(C)NC(=O)c2cccc(S(C)(=O)=O)c2)cc1. The first-order valence-corrected chi connectivity index (χ1v) is 9.92. The minimum atomic E-state index is -3.33. The molecule has 0 saturated heterocycles. The number of benzene rings is 2. The van der Waals surface area contributed by atoms with E-state index in [4.69, 9.17) is 4.74 Å². The molecule has 1 atom stereocenters. The van der Waals surface area contributed by atoms with Crippen LogP contribution in [0.4, 0.5) is 0 Å². The normalized spacial score (nSPS) is 12.4. The lowest BCUT2D eigenvalue weighted by Crippen LogP contribution is -2.33. The highest BCUT2D eigenvalue weighted by molar-refractivity contribution is 7.90. The van der Waals surface area contributed by atoms with Crippen LogP contribution in [0.15, 0.2) is 53.4 Å². The van der Waals surface area contributed by atoms with Crippen molar-refractivity contribution in [3.05, 3.63) is 59.7 Å². The maximum absolute atomic E-state index is 12.3. The van der Waals surface area contributed by atoms with E-state index in [0.29, 0.717) is 5.56 Å². The number of nitrogens with one attached hydrogen (secondary N) is 1. The summed E-state index contributed by atoms with van der Waals surface area (Å²) in [4.78, 5) is 12.5. The van der Waals surface area contributed by atoms with Crippen LogP contribution in [0.25, 0.3) is 0 Å². The van der Waals surface area contributed by atoms with E-state index in [2.05, 4.69) is 5.32 Å². The Morgan fingerprint density at radius 1 is 1.16 bits per heavy atom. The lowest BCUT2D eigenvalue weighted by Gasteiger charge is -2.14. The number of hydrogen-bond acceptors (Lipinski definition) is 4. The molecule has 0 aliphatic rings. The van der Waals surface area contributed by atoms with E-state index in [9.17, 15) is 13.2 Å². The molecular formula is C19H23NO4S. The van der Waals surface area contributed by atoms with Crippen molar-refractivity contribution in [2.24, 2.45) is 0 Å². The van der Waals surface area contributed by atoms with Gasteiger partial charge in [0.1, 0.15) is 5.75 Å². The van der Waals surface area contributed by atoms with Crippen molar-refractivity contribution in [3.8, 4) is 5.75 Å². The minimum Gasteiger partial charge on any atom is -0.497 e. The second-order valence-electron chi connectivity index (χ2n) is 6.06. The highest BCUT2D eigenvalue weighted by Gasteiger charge is 2.13. The highest BCUT2D eigenvalue weighted by Crippen LogP contribution is 2.14. The zero-order chi connectivity index (χ0) is 18.4. The number of hydrogen-bond donors (Lipinski definition) is 1. The van der Waals surface area contributed by atoms with E-state index in [1.165, 1.54) is 17.7 Å². The molecule has 0 radical (unpaired) electrons. The number of sulfone groups is 1. The van der Waals surface area contributed by atoms with Crippen LogP contribution in [0.3, 0.4) is 0 Å². The Bertz CT molecular complexity index is 829. The van der Waals surface area contributed by atoms with Gasteiger partial charge in [0, 0.05) is 17.9 Å². The third-order valence-corrected chi connectivity index (χ3v) is 5.04. The molecule has 0 fully saturated rings. The van der Waals surface area contributed by atoms with Crippen LogP contribution in [0.2, 0.25) is 0 Å². The van der Waals surface area contributed by atoms with Crippen molar-refractivity contribution >= 4 is 15.7 Å². The van der Waals surface area contributed by atoms with Gasteiger partial charge in [-0.15, -0.1) is 0 Å². The summed E-state index contributed by atoms with van der Waals surface area (Å²) in [5.74, 6) is 0.545. The number of methoxy groups -OCH3 is 1. The van der Waals surface area contributed by atoms with Crippen molar-refractivity contribution in [1.29, 1.82) is 0 Å². The molecule has 5 nitrogen and oxygen atoms in total. The molecule has 1 amide bonds. The monoisotopic (exact) mass is 361 g/mol. The zero-order valence-corrected chi connectivity index (χ0v) is 15.5. The van der Waals surface area contributed by atoms with Gasteiger partial charge in [-0.2, -0.15) is 0 Å². The molecule has 0 bridgehead atoms. The molecule has 1 N–H and O–H groups in total. The maximum Gasteiger partial charge on any atom is 0.251 e. The molecule has 25 heavy (non-hydrogen) atoms. The largest absolute Gasteiger partial charge is 0.497 e. The Morgan fingerprint density at radius 3 is 2.44 bits per heavy atom. The van der Waals surface area contributed by atoms with Gasteiger partial charge in [-0.25, -0.2) is 8.42 Å². The van der Waals surface area contributed by atoms with Gasteiger partial charge in [0.05, 0.1) is 12.0 Å². The molecule has 0 aliphatic carbocycles. The second-order valence-corrected chi connectivity index (χ2v) is 8.08. The second kappa shape index (κ2) is 8.16. The average molecular weight is 361 g/mol. The smallest absolute Gasteiger partial charge is 0.251 e. The number of carbonyl (C=O) groups is 1. The minimum absolute atomic E-state index is 0.0310. The molecule has 0 heterocycles. The topological polar surface area (TPSA) is 72.5 Å². The van der Waals surface area contributed by atoms with E-state index < -0.39 is 9.84 Å².